The van der Waals surface area contributed by atoms with Crippen molar-refractivity contribution in [2.45, 2.75) is 6.92 Å². The molecule has 0 unspecified atom stereocenters. The second-order valence-electron chi connectivity index (χ2n) is 2.79. The van der Waals surface area contributed by atoms with Crippen molar-refractivity contribution < 1.29 is 9.21 Å². The average molecular weight is 192 g/mol. The van der Waals surface area contributed by atoms with Crippen molar-refractivity contribution in [1.82, 2.24) is 0 Å². The molecule has 0 fully saturated rings. The van der Waals surface area contributed by atoms with Crippen LogP contribution in [0.4, 0.5) is 0 Å². The molecule has 66 valence electrons. The molecule has 0 aliphatic carbocycles. The third-order valence-corrected chi connectivity index (χ3v) is 2.46. The number of furan rings is 1. The number of ketones is 1. The number of hydrogen-bond donors (Lipinski definition) is 0. The Balaban J connectivity index is 2.33. The predicted molar refractivity (Wildman–Crippen MR) is 51.2 cm³/mol. The topological polar surface area (TPSA) is 30.2 Å². The normalized spacial score (nSPS) is 10.2. The first-order valence-electron chi connectivity index (χ1n) is 3.89. The zero-order chi connectivity index (χ0) is 9.26. The van der Waals surface area contributed by atoms with Crippen LogP contribution in [0, 0.1) is 6.92 Å². The smallest absolute Gasteiger partial charge is 0.197 e. The summed E-state index contributed by atoms with van der Waals surface area (Å²) in [4.78, 5) is 11.7. The van der Waals surface area contributed by atoms with E-state index in [0.29, 0.717) is 5.56 Å². The Morgan fingerprint density at radius 2 is 2.31 bits per heavy atom. The number of rotatable bonds is 2. The molecule has 2 nitrogen and oxygen atoms in total. The van der Waals surface area contributed by atoms with E-state index in [1.807, 2.05) is 23.8 Å². The molecule has 0 bridgehead atoms. The Kier molecular flexibility index (Phi) is 2.02. The SMILES string of the molecule is Cc1cc(C(=O)c2ccsc2)co1. The maximum absolute atomic E-state index is 11.7. The van der Waals surface area contributed by atoms with Crippen LogP contribution in [-0.4, -0.2) is 5.78 Å². The van der Waals surface area contributed by atoms with Gasteiger partial charge >= 0.3 is 0 Å². The fraction of sp³-hybridized carbons (Fsp3) is 0.100. The fourth-order valence-electron chi connectivity index (χ4n) is 1.12. The van der Waals surface area contributed by atoms with Crippen molar-refractivity contribution in [3.63, 3.8) is 0 Å². The molecule has 0 saturated carbocycles. The maximum Gasteiger partial charge on any atom is 0.197 e. The van der Waals surface area contributed by atoms with Crippen molar-refractivity contribution >= 4 is 17.1 Å². The first-order valence-corrected chi connectivity index (χ1v) is 4.83. The van der Waals surface area contributed by atoms with Crippen molar-refractivity contribution in [2.75, 3.05) is 0 Å². The summed E-state index contributed by atoms with van der Waals surface area (Å²) < 4.78 is 5.07. The van der Waals surface area contributed by atoms with Crippen molar-refractivity contribution in [3.8, 4) is 0 Å². The van der Waals surface area contributed by atoms with E-state index >= 15 is 0 Å². The highest BCUT2D eigenvalue weighted by atomic mass is 32.1. The molecule has 0 aliphatic heterocycles. The van der Waals surface area contributed by atoms with E-state index in [0.717, 1.165) is 11.3 Å². The van der Waals surface area contributed by atoms with Crippen LogP contribution in [0.5, 0.6) is 0 Å². The average Bonchev–Trinajstić information content (AvgIpc) is 2.72. The quantitative estimate of drug-likeness (QED) is 0.685. The molecule has 0 aliphatic rings. The predicted octanol–water partition coefficient (Wildman–Crippen LogP) is 2.88. The molecule has 2 aromatic heterocycles. The van der Waals surface area contributed by atoms with Crippen LogP contribution >= 0.6 is 11.3 Å². The van der Waals surface area contributed by atoms with Gasteiger partial charge in [0.05, 0.1) is 5.56 Å². The van der Waals surface area contributed by atoms with Gasteiger partial charge in [0.15, 0.2) is 5.78 Å². The minimum atomic E-state index is 0.0260. The van der Waals surface area contributed by atoms with Crippen LogP contribution in [-0.2, 0) is 0 Å². The fourth-order valence-corrected chi connectivity index (χ4v) is 1.76. The third kappa shape index (κ3) is 1.55. The Morgan fingerprint density at radius 3 is 2.85 bits per heavy atom. The van der Waals surface area contributed by atoms with Gasteiger partial charge in [0, 0.05) is 10.9 Å². The third-order valence-electron chi connectivity index (χ3n) is 1.78. The first-order chi connectivity index (χ1) is 6.27. The minimum absolute atomic E-state index is 0.0260. The van der Waals surface area contributed by atoms with Crippen LogP contribution in [0.3, 0.4) is 0 Å². The Hall–Kier alpha value is -1.35. The van der Waals surface area contributed by atoms with Crippen LogP contribution < -0.4 is 0 Å². The summed E-state index contributed by atoms with van der Waals surface area (Å²) in [7, 11) is 0. The number of carbonyl (C=O) groups is 1. The van der Waals surface area contributed by atoms with Gasteiger partial charge in [-0.1, -0.05) is 0 Å². The summed E-state index contributed by atoms with van der Waals surface area (Å²) in [5.74, 6) is 0.789. The Labute approximate surface area is 79.8 Å². The van der Waals surface area contributed by atoms with Gasteiger partial charge in [-0.05, 0) is 24.4 Å². The van der Waals surface area contributed by atoms with E-state index in [1.54, 1.807) is 6.07 Å². The molecular weight excluding hydrogens is 184 g/mol. The lowest BCUT2D eigenvalue weighted by molar-refractivity contribution is 0.103. The van der Waals surface area contributed by atoms with Gasteiger partial charge in [0.2, 0.25) is 0 Å². The molecule has 0 N–H and O–H groups in total. The first kappa shape index (κ1) is 8.26. The number of aryl methyl sites for hydroxylation is 1. The van der Waals surface area contributed by atoms with Gasteiger partial charge in [-0.25, -0.2) is 0 Å². The van der Waals surface area contributed by atoms with Crippen LogP contribution in [0.25, 0.3) is 0 Å². The van der Waals surface area contributed by atoms with E-state index in [4.69, 9.17) is 4.42 Å². The van der Waals surface area contributed by atoms with Crippen LogP contribution in [0.1, 0.15) is 21.7 Å². The summed E-state index contributed by atoms with van der Waals surface area (Å²) >= 11 is 1.52. The summed E-state index contributed by atoms with van der Waals surface area (Å²) in [6.07, 6.45) is 1.50. The molecular formula is C10H8O2S. The van der Waals surface area contributed by atoms with Gasteiger partial charge in [0.25, 0.3) is 0 Å². The highest BCUT2D eigenvalue weighted by Gasteiger charge is 2.10. The number of thiophene rings is 1. The second-order valence-corrected chi connectivity index (χ2v) is 3.57. The van der Waals surface area contributed by atoms with Crippen molar-refractivity contribution in [3.05, 3.63) is 46.0 Å². The van der Waals surface area contributed by atoms with Crippen molar-refractivity contribution in [1.29, 1.82) is 0 Å². The number of carbonyl (C=O) groups excluding carboxylic acids is 1. The summed E-state index contributed by atoms with van der Waals surface area (Å²) in [6.45, 7) is 1.82. The molecule has 0 saturated heterocycles. The summed E-state index contributed by atoms with van der Waals surface area (Å²) in [5.41, 5.74) is 1.35. The van der Waals surface area contributed by atoms with E-state index in [-0.39, 0.29) is 5.78 Å². The zero-order valence-electron chi connectivity index (χ0n) is 7.11. The zero-order valence-corrected chi connectivity index (χ0v) is 7.93. The highest BCUT2D eigenvalue weighted by Crippen LogP contribution is 2.14. The van der Waals surface area contributed by atoms with Crippen molar-refractivity contribution in [2.24, 2.45) is 0 Å². The number of hydrogen-bond acceptors (Lipinski definition) is 3. The highest BCUT2D eigenvalue weighted by molar-refractivity contribution is 7.08. The van der Waals surface area contributed by atoms with Gasteiger partial charge in [0.1, 0.15) is 12.0 Å². The molecule has 0 aromatic carbocycles. The van der Waals surface area contributed by atoms with Gasteiger partial charge < -0.3 is 4.42 Å². The molecule has 0 atom stereocenters. The molecule has 0 radical (unpaired) electrons. The Morgan fingerprint density at radius 1 is 1.46 bits per heavy atom. The molecule has 0 spiro atoms. The minimum Gasteiger partial charge on any atom is -0.469 e. The monoisotopic (exact) mass is 192 g/mol. The molecule has 2 rings (SSSR count). The van der Waals surface area contributed by atoms with E-state index in [2.05, 4.69) is 0 Å². The lowest BCUT2D eigenvalue weighted by Gasteiger charge is -1.89. The lowest BCUT2D eigenvalue weighted by Crippen LogP contribution is -1.96. The molecule has 3 heteroatoms. The van der Waals surface area contributed by atoms with Gasteiger partial charge in [-0.2, -0.15) is 11.3 Å². The standard InChI is InChI=1S/C10H8O2S/c1-7-4-9(5-12-7)10(11)8-2-3-13-6-8/h2-6H,1H3. The van der Waals surface area contributed by atoms with E-state index < -0.39 is 0 Å². The van der Waals surface area contributed by atoms with Crippen LogP contribution in [0.15, 0.2) is 33.6 Å². The van der Waals surface area contributed by atoms with Crippen LogP contribution in [0.2, 0.25) is 0 Å². The van der Waals surface area contributed by atoms with E-state index in [9.17, 15) is 4.79 Å². The van der Waals surface area contributed by atoms with Gasteiger partial charge in [-0.15, -0.1) is 0 Å². The molecule has 2 heterocycles. The van der Waals surface area contributed by atoms with E-state index in [1.165, 1.54) is 17.6 Å². The van der Waals surface area contributed by atoms with Gasteiger partial charge in [-0.3, -0.25) is 4.79 Å². The molecule has 2 aromatic rings. The summed E-state index contributed by atoms with van der Waals surface area (Å²) in [6, 6.07) is 3.56. The largest absolute Gasteiger partial charge is 0.469 e. The Bertz CT molecular complexity index is 412. The second kappa shape index (κ2) is 3.18. The molecule has 0 amide bonds. The molecule has 13 heavy (non-hydrogen) atoms. The summed E-state index contributed by atoms with van der Waals surface area (Å²) in [5, 5.41) is 3.73. The maximum atomic E-state index is 11.7. The lowest BCUT2D eigenvalue weighted by atomic mass is 10.1.